The van der Waals surface area contributed by atoms with Crippen molar-refractivity contribution in [2.75, 3.05) is 6.61 Å². The molecule has 4 heterocycles. The molecular formula is C21H28N4O4S. The van der Waals surface area contributed by atoms with Gasteiger partial charge in [0.1, 0.15) is 4.83 Å². The van der Waals surface area contributed by atoms with E-state index < -0.39 is 0 Å². The third-order valence-corrected chi connectivity index (χ3v) is 6.77. The number of hydrogen-bond donors (Lipinski definition) is 1. The summed E-state index contributed by atoms with van der Waals surface area (Å²) in [5.41, 5.74) is -0.131. The van der Waals surface area contributed by atoms with Gasteiger partial charge in [-0.3, -0.25) is 18.5 Å². The van der Waals surface area contributed by atoms with Crippen LogP contribution in [-0.4, -0.2) is 31.4 Å². The summed E-state index contributed by atoms with van der Waals surface area (Å²) in [7, 11) is 0. The first-order valence-corrected chi connectivity index (χ1v) is 11.1. The third-order valence-electron chi connectivity index (χ3n) is 5.47. The molecule has 3 aromatic rings. The van der Waals surface area contributed by atoms with Gasteiger partial charge in [0, 0.05) is 30.4 Å². The van der Waals surface area contributed by atoms with Crippen LogP contribution >= 0.6 is 11.3 Å². The summed E-state index contributed by atoms with van der Waals surface area (Å²) in [5.74, 6) is 0. The first-order valence-electron chi connectivity index (χ1n) is 10.3. The van der Waals surface area contributed by atoms with E-state index in [1.54, 1.807) is 21.5 Å². The summed E-state index contributed by atoms with van der Waals surface area (Å²) in [5, 5.41) is 0.570. The Morgan fingerprint density at radius 1 is 1.23 bits per heavy atom. The van der Waals surface area contributed by atoms with Gasteiger partial charge in [0.05, 0.1) is 24.6 Å². The maximum Gasteiger partial charge on any atom is 0.332 e. The average molecular weight is 433 g/mol. The third kappa shape index (κ3) is 3.83. The number of aryl methyl sites for hydroxylation is 1. The lowest BCUT2D eigenvalue weighted by Crippen LogP contribution is -2.43. The SMILES string of the molecule is Cc1c(Cn2cc[nH]c2=O)sc2c1c(=O)n(CC(C)(C)C)c(=O)n2CC1CCCO1. The number of H-pyrrole nitrogens is 1. The fraction of sp³-hybridized carbons (Fsp3) is 0.571. The van der Waals surface area contributed by atoms with Crippen LogP contribution < -0.4 is 16.9 Å². The molecule has 0 saturated carbocycles. The largest absolute Gasteiger partial charge is 0.376 e. The smallest absolute Gasteiger partial charge is 0.332 e. The number of thiophene rings is 1. The molecule has 162 valence electrons. The minimum atomic E-state index is -0.287. The summed E-state index contributed by atoms with van der Waals surface area (Å²) in [6.45, 7) is 9.77. The first kappa shape index (κ1) is 20.9. The molecule has 1 saturated heterocycles. The monoisotopic (exact) mass is 432 g/mol. The zero-order valence-electron chi connectivity index (χ0n) is 17.9. The van der Waals surface area contributed by atoms with E-state index in [0.29, 0.717) is 36.5 Å². The topological polar surface area (TPSA) is 91.0 Å². The summed E-state index contributed by atoms with van der Waals surface area (Å²) >= 11 is 1.42. The van der Waals surface area contributed by atoms with E-state index in [1.807, 2.05) is 27.7 Å². The van der Waals surface area contributed by atoms with Gasteiger partial charge in [-0.05, 0) is 30.7 Å². The Bertz CT molecular complexity index is 1250. The fourth-order valence-corrected chi connectivity index (χ4v) is 5.28. The molecule has 1 aliphatic heterocycles. The molecule has 1 atom stereocenters. The van der Waals surface area contributed by atoms with Gasteiger partial charge in [0.25, 0.3) is 5.56 Å². The van der Waals surface area contributed by atoms with Crippen molar-refractivity contribution in [3.05, 3.63) is 54.2 Å². The van der Waals surface area contributed by atoms with Crippen molar-refractivity contribution in [1.29, 1.82) is 0 Å². The van der Waals surface area contributed by atoms with E-state index in [4.69, 9.17) is 4.74 Å². The van der Waals surface area contributed by atoms with E-state index in [2.05, 4.69) is 4.98 Å². The van der Waals surface area contributed by atoms with Crippen LogP contribution in [-0.2, 0) is 24.4 Å². The first-order chi connectivity index (χ1) is 14.2. The van der Waals surface area contributed by atoms with Gasteiger partial charge in [0.2, 0.25) is 0 Å². The Hall–Kier alpha value is -2.39. The van der Waals surface area contributed by atoms with Crippen molar-refractivity contribution in [1.82, 2.24) is 18.7 Å². The molecule has 0 aromatic carbocycles. The van der Waals surface area contributed by atoms with Crippen LogP contribution in [0.15, 0.2) is 26.8 Å². The van der Waals surface area contributed by atoms with E-state index in [1.165, 1.54) is 15.9 Å². The highest BCUT2D eigenvalue weighted by Crippen LogP contribution is 2.29. The number of hydrogen-bond acceptors (Lipinski definition) is 5. The van der Waals surface area contributed by atoms with Gasteiger partial charge in [-0.1, -0.05) is 20.8 Å². The van der Waals surface area contributed by atoms with E-state index in [0.717, 1.165) is 23.3 Å². The highest BCUT2D eigenvalue weighted by molar-refractivity contribution is 7.18. The lowest BCUT2D eigenvalue weighted by atomic mass is 9.97. The highest BCUT2D eigenvalue weighted by Gasteiger charge is 2.25. The minimum absolute atomic E-state index is 0.0235. The molecule has 1 fully saturated rings. The number of imidazole rings is 1. The van der Waals surface area contributed by atoms with Gasteiger partial charge < -0.3 is 9.72 Å². The standard InChI is InChI=1S/C21H28N4O4S/c1-13-15(11-23-8-7-22-19(23)27)30-18-16(13)17(26)25(12-21(2,3)4)20(28)24(18)10-14-6-5-9-29-14/h7-8,14H,5-6,9-12H2,1-4H3,(H,22,27). The van der Waals surface area contributed by atoms with Gasteiger partial charge in [0.15, 0.2) is 0 Å². The summed E-state index contributed by atoms with van der Waals surface area (Å²) in [6.07, 6.45) is 5.14. The second-order valence-electron chi connectivity index (χ2n) is 9.20. The number of aromatic amines is 1. The highest BCUT2D eigenvalue weighted by atomic mass is 32.1. The maximum atomic E-state index is 13.4. The van der Waals surface area contributed by atoms with Gasteiger partial charge in [-0.2, -0.15) is 0 Å². The second-order valence-corrected chi connectivity index (χ2v) is 10.3. The second kappa shape index (κ2) is 7.70. The number of nitrogens with one attached hydrogen (secondary N) is 1. The zero-order valence-corrected chi connectivity index (χ0v) is 18.7. The molecule has 8 nitrogen and oxygen atoms in total. The normalized spacial score (nSPS) is 17.3. The molecule has 1 N–H and O–H groups in total. The molecule has 0 bridgehead atoms. The fourth-order valence-electron chi connectivity index (χ4n) is 3.99. The predicted octanol–water partition coefficient (Wildman–Crippen LogP) is 2.30. The molecule has 30 heavy (non-hydrogen) atoms. The van der Waals surface area contributed by atoms with Crippen LogP contribution in [0.5, 0.6) is 0 Å². The quantitative estimate of drug-likeness (QED) is 0.670. The lowest BCUT2D eigenvalue weighted by molar-refractivity contribution is 0.0964. The van der Waals surface area contributed by atoms with Crippen LogP contribution in [0.25, 0.3) is 10.2 Å². The molecule has 3 aromatic heterocycles. The molecule has 1 aliphatic rings. The number of aromatic nitrogens is 4. The van der Waals surface area contributed by atoms with Crippen LogP contribution in [0.4, 0.5) is 0 Å². The van der Waals surface area contributed by atoms with Crippen molar-refractivity contribution in [2.24, 2.45) is 5.41 Å². The number of fused-ring (bicyclic) bond motifs is 1. The Labute approximate surface area is 177 Å². The molecule has 0 aliphatic carbocycles. The Morgan fingerprint density at radius 2 is 2.00 bits per heavy atom. The zero-order chi connectivity index (χ0) is 21.6. The van der Waals surface area contributed by atoms with Crippen LogP contribution in [0.3, 0.4) is 0 Å². The molecule has 0 radical (unpaired) electrons. The van der Waals surface area contributed by atoms with Crippen molar-refractivity contribution < 1.29 is 4.74 Å². The van der Waals surface area contributed by atoms with Crippen LogP contribution in [0, 0.1) is 12.3 Å². The van der Waals surface area contributed by atoms with Gasteiger partial charge >= 0.3 is 11.4 Å². The minimum Gasteiger partial charge on any atom is -0.376 e. The van der Waals surface area contributed by atoms with Crippen LogP contribution in [0.1, 0.15) is 44.1 Å². The molecule has 0 spiro atoms. The Kier molecular flexibility index (Phi) is 5.36. The molecule has 1 unspecified atom stereocenters. The number of nitrogens with zero attached hydrogens (tertiary/aromatic N) is 3. The van der Waals surface area contributed by atoms with E-state index >= 15 is 0 Å². The molecule has 9 heteroatoms. The van der Waals surface area contributed by atoms with E-state index in [9.17, 15) is 14.4 Å². The van der Waals surface area contributed by atoms with Gasteiger partial charge in [-0.15, -0.1) is 11.3 Å². The average Bonchev–Trinajstić information content (AvgIpc) is 3.38. The summed E-state index contributed by atoms with van der Waals surface area (Å²) in [4.78, 5) is 42.9. The Morgan fingerprint density at radius 3 is 2.60 bits per heavy atom. The van der Waals surface area contributed by atoms with Crippen molar-refractivity contribution >= 4 is 21.6 Å². The molecular weight excluding hydrogens is 404 g/mol. The van der Waals surface area contributed by atoms with Crippen molar-refractivity contribution in [3.63, 3.8) is 0 Å². The van der Waals surface area contributed by atoms with Crippen molar-refractivity contribution in [2.45, 2.75) is 66.3 Å². The number of rotatable bonds is 5. The van der Waals surface area contributed by atoms with Crippen LogP contribution in [0.2, 0.25) is 0 Å². The Balaban J connectivity index is 1.92. The summed E-state index contributed by atoms with van der Waals surface area (Å²) < 4.78 is 10.4. The summed E-state index contributed by atoms with van der Waals surface area (Å²) in [6, 6.07) is 0. The molecule has 0 amide bonds. The van der Waals surface area contributed by atoms with Crippen molar-refractivity contribution in [3.8, 4) is 0 Å². The maximum absolute atomic E-state index is 13.4. The predicted molar refractivity (Wildman–Crippen MR) is 118 cm³/mol. The van der Waals surface area contributed by atoms with Gasteiger partial charge in [-0.25, -0.2) is 9.59 Å². The number of ether oxygens (including phenoxy) is 1. The molecule has 4 rings (SSSR count). The lowest BCUT2D eigenvalue weighted by Gasteiger charge is -2.21. The van der Waals surface area contributed by atoms with E-state index in [-0.39, 0.29) is 28.5 Å².